The number of ether oxygens (including phenoxy) is 2. The van der Waals surface area contributed by atoms with Crippen molar-refractivity contribution in [1.82, 2.24) is 24.9 Å². The van der Waals surface area contributed by atoms with E-state index in [4.69, 9.17) is 21.4 Å². The second-order valence-corrected chi connectivity index (χ2v) is 10.5. The van der Waals surface area contributed by atoms with Crippen molar-refractivity contribution in [3.05, 3.63) is 23.5 Å². The van der Waals surface area contributed by atoms with E-state index >= 15 is 0 Å². The molecule has 0 radical (unpaired) electrons. The highest BCUT2D eigenvalue weighted by atomic mass is 35.5. The molecule has 1 aliphatic carbocycles. The molecule has 0 unspecified atom stereocenters. The minimum atomic E-state index is -3.91. The van der Waals surface area contributed by atoms with Crippen molar-refractivity contribution in [3.8, 4) is 5.88 Å². The van der Waals surface area contributed by atoms with E-state index in [0.29, 0.717) is 12.4 Å². The number of hydrogen-bond donors (Lipinski definition) is 3. The van der Waals surface area contributed by atoms with E-state index < -0.39 is 29.0 Å². The Morgan fingerprint density at radius 1 is 1.28 bits per heavy atom. The number of nitrogens with zero attached hydrogens (tertiary/aromatic N) is 4. The van der Waals surface area contributed by atoms with Gasteiger partial charge in [-0.2, -0.15) is 5.10 Å². The average molecular weight is 533 g/mol. The summed E-state index contributed by atoms with van der Waals surface area (Å²) in [5.74, 6) is -0.543. The van der Waals surface area contributed by atoms with Crippen molar-refractivity contribution in [3.63, 3.8) is 0 Å². The molecule has 1 saturated carbocycles. The zero-order valence-electron chi connectivity index (χ0n) is 20.8. The summed E-state index contributed by atoms with van der Waals surface area (Å²) in [4.78, 5) is 22.6. The quantitative estimate of drug-likeness (QED) is 0.468. The molecule has 0 bridgehead atoms. The molecular weight excluding hydrogens is 502 g/mol. The molecule has 3 heterocycles. The van der Waals surface area contributed by atoms with Crippen molar-refractivity contribution in [1.29, 1.82) is 0 Å². The van der Waals surface area contributed by atoms with Gasteiger partial charge in [0.25, 0.3) is 5.91 Å². The molecule has 3 N–H and O–H groups in total. The van der Waals surface area contributed by atoms with Crippen LogP contribution in [0.1, 0.15) is 75.7 Å². The fourth-order valence-electron chi connectivity index (χ4n) is 3.54. The summed E-state index contributed by atoms with van der Waals surface area (Å²) >= 11 is 4.75. The fraction of sp³-hybridized carbons (Fsp3) is 0.636. The van der Waals surface area contributed by atoms with Gasteiger partial charge in [-0.3, -0.25) is 9.48 Å². The monoisotopic (exact) mass is 532 g/mol. The van der Waals surface area contributed by atoms with Crippen molar-refractivity contribution < 1.29 is 33.0 Å². The lowest BCUT2D eigenvalue weighted by Gasteiger charge is -2.22. The van der Waals surface area contributed by atoms with E-state index in [9.17, 15) is 18.4 Å². The van der Waals surface area contributed by atoms with E-state index in [2.05, 4.69) is 25.6 Å². The summed E-state index contributed by atoms with van der Waals surface area (Å²) in [6.07, 6.45) is 2.77. The van der Waals surface area contributed by atoms with Crippen LogP contribution in [0.3, 0.4) is 0 Å². The molecule has 4 rings (SSSR count). The van der Waals surface area contributed by atoms with Crippen molar-refractivity contribution >= 4 is 29.4 Å². The number of rotatable bonds is 6. The van der Waals surface area contributed by atoms with Crippen molar-refractivity contribution in [2.24, 2.45) is 7.05 Å². The summed E-state index contributed by atoms with van der Waals surface area (Å²) in [5, 5.41) is 21.7. The summed E-state index contributed by atoms with van der Waals surface area (Å²) in [6, 6.07) is 2.85. The van der Waals surface area contributed by atoms with Gasteiger partial charge in [-0.05, 0) is 53.4 Å². The Labute approximate surface area is 212 Å². The van der Waals surface area contributed by atoms with Crippen LogP contribution in [0.5, 0.6) is 5.88 Å². The van der Waals surface area contributed by atoms with Gasteiger partial charge in [0.15, 0.2) is 0 Å². The first kappa shape index (κ1) is 27.7. The molecule has 2 aromatic heterocycles. The molecule has 1 aliphatic heterocycles. The van der Waals surface area contributed by atoms with Gasteiger partial charge >= 0.3 is 11.7 Å². The maximum absolute atomic E-state index is 12.8. The van der Waals surface area contributed by atoms with Crippen LogP contribution in [-0.4, -0.2) is 54.4 Å². The minimum Gasteiger partial charge on any atom is -0.465 e. The summed E-state index contributed by atoms with van der Waals surface area (Å²) < 4.78 is 38.3. The molecule has 2 aliphatic rings. The summed E-state index contributed by atoms with van der Waals surface area (Å²) in [5.41, 5.74) is -3.63. The van der Waals surface area contributed by atoms with Gasteiger partial charge in [0.2, 0.25) is 5.88 Å². The molecule has 0 aromatic carbocycles. The number of hydrogen-bond acceptors (Lipinski definition) is 6. The number of carbonyl (C=O) groups excluding carboxylic acids is 1. The second-order valence-electron chi connectivity index (χ2n) is 10.0. The highest BCUT2D eigenvalue weighted by Crippen LogP contribution is 2.34. The first-order valence-corrected chi connectivity index (χ1v) is 11.8. The number of amides is 2. The lowest BCUT2D eigenvalue weighted by Crippen LogP contribution is -2.32. The average Bonchev–Trinajstić information content (AvgIpc) is 3.13. The number of halogens is 3. The van der Waals surface area contributed by atoms with Gasteiger partial charge in [-0.25, -0.2) is 9.48 Å². The van der Waals surface area contributed by atoms with Gasteiger partial charge in [0.1, 0.15) is 17.6 Å². The van der Waals surface area contributed by atoms with Gasteiger partial charge in [0, 0.05) is 42.9 Å². The van der Waals surface area contributed by atoms with E-state index in [1.807, 2.05) is 27.7 Å². The Hall–Kier alpha value is -2.93. The van der Waals surface area contributed by atoms with E-state index in [0.717, 1.165) is 42.1 Å². The Morgan fingerprint density at radius 3 is 2.42 bits per heavy atom. The van der Waals surface area contributed by atoms with Crippen LogP contribution in [0, 0.1) is 0 Å². The normalized spacial score (nSPS) is 18.7. The maximum Gasteiger partial charge on any atom is 0.488 e. The Kier molecular flexibility index (Phi) is 7.84. The lowest BCUT2D eigenvalue weighted by atomic mass is 10.1. The Balaban J connectivity index is 0.000000383. The van der Waals surface area contributed by atoms with E-state index in [1.165, 1.54) is 7.05 Å². The highest BCUT2D eigenvalue weighted by Gasteiger charge is 2.38. The smallest absolute Gasteiger partial charge is 0.465 e. The molecule has 2 aromatic rings. The number of aromatic nitrogens is 4. The number of carbonyl (C=O) groups is 2. The fourth-order valence-corrected chi connectivity index (χ4v) is 3.62. The van der Waals surface area contributed by atoms with Gasteiger partial charge in [-0.1, -0.05) is 0 Å². The van der Waals surface area contributed by atoms with Gasteiger partial charge in [0.05, 0.1) is 11.2 Å². The van der Waals surface area contributed by atoms with Crippen LogP contribution >= 0.6 is 11.6 Å². The number of alkyl halides is 3. The van der Waals surface area contributed by atoms with Gasteiger partial charge in [-0.15, -0.1) is 13.9 Å². The number of aryl methyl sites for hydroxylation is 1. The molecule has 11 nitrogen and oxygen atoms in total. The van der Waals surface area contributed by atoms with Crippen LogP contribution < -0.4 is 15.4 Å². The summed E-state index contributed by atoms with van der Waals surface area (Å²) in [7, 11) is 1.44. The van der Waals surface area contributed by atoms with Crippen molar-refractivity contribution in [2.45, 2.75) is 76.1 Å². The zero-order valence-corrected chi connectivity index (χ0v) is 21.5. The van der Waals surface area contributed by atoms with E-state index in [1.54, 1.807) is 10.7 Å². The Bertz CT molecular complexity index is 1100. The first-order chi connectivity index (χ1) is 16.6. The topological polar surface area (TPSA) is 133 Å². The molecule has 200 valence electrons. The predicted octanol–water partition coefficient (Wildman–Crippen LogP) is 4.45. The van der Waals surface area contributed by atoms with Crippen LogP contribution in [0.15, 0.2) is 12.1 Å². The number of anilines is 1. The highest BCUT2D eigenvalue weighted by molar-refractivity contribution is 6.20. The summed E-state index contributed by atoms with van der Waals surface area (Å²) in [6.45, 7) is 8.44. The molecule has 0 spiro atoms. The number of nitrogens with one attached hydrogen (secondary N) is 2. The van der Waals surface area contributed by atoms with Crippen LogP contribution in [0.25, 0.3) is 0 Å². The maximum atomic E-state index is 12.8. The van der Waals surface area contributed by atoms with Crippen molar-refractivity contribution in [2.75, 3.05) is 11.9 Å². The van der Waals surface area contributed by atoms with Crippen LogP contribution in [-0.2, 0) is 17.3 Å². The SMILES string of the molecule is CC1(NC(=O)O)CC1.Cn1nc(OC(F)(F)Cl)cc1C(=O)Nc1cc([C@H]2CCCO2)nn1C(C)(C)C. The predicted molar refractivity (Wildman–Crippen MR) is 127 cm³/mol. The molecule has 2 amide bonds. The minimum absolute atomic E-state index is 0.0243. The molecule has 1 saturated heterocycles. The molecule has 2 fully saturated rings. The van der Waals surface area contributed by atoms with Crippen LogP contribution in [0.4, 0.5) is 19.4 Å². The number of carboxylic acid groups (broad SMARTS) is 1. The third-order valence-corrected chi connectivity index (χ3v) is 5.66. The second kappa shape index (κ2) is 10.2. The Morgan fingerprint density at radius 2 is 1.94 bits per heavy atom. The van der Waals surface area contributed by atoms with E-state index in [-0.39, 0.29) is 17.3 Å². The lowest BCUT2D eigenvalue weighted by molar-refractivity contribution is -0.0993. The standard InChI is InChI=1S/C17H22ClF2N5O3.C5H9NO2/c1-16(2,3)25-13(8-10(22-25)12-6-5-7-27-12)21-15(26)11-9-14(23-24(11)4)28-17(18,19)20;1-5(2-3-5)6-4(7)8/h8-9,12H,5-7H2,1-4H3,(H,21,26);6H,2-3H2,1H3,(H,7,8)/t12-;/m1./s1. The molecule has 1 atom stereocenters. The molecular formula is C22H31ClF2N6O5. The van der Waals surface area contributed by atoms with Crippen LogP contribution in [0.2, 0.25) is 0 Å². The first-order valence-electron chi connectivity index (χ1n) is 11.4. The molecule has 36 heavy (non-hydrogen) atoms. The van der Waals surface area contributed by atoms with Gasteiger partial charge < -0.3 is 25.2 Å². The molecule has 14 heteroatoms. The largest absolute Gasteiger partial charge is 0.488 e. The zero-order chi connectivity index (χ0) is 26.9. The third kappa shape index (κ3) is 7.53. The third-order valence-electron chi connectivity index (χ3n) is 5.58.